The molecule has 0 radical (unpaired) electrons. The average molecular weight is 449 g/mol. The van der Waals surface area contributed by atoms with Crippen LogP contribution >= 0.6 is 22.9 Å². The third-order valence-corrected chi connectivity index (χ3v) is 5.85. The lowest BCUT2D eigenvalue weighted by molar-refractivity contribution is 0.844. The minimum atomic E-state index is 0.477. The van der Waals surface area contributed by atoms with Crippen molar-refractivity contribution in [3.63, 3.8) is 0 Å². The van der Waals surface area contributed by atoms with Crippen molar-refractivity contribution in [2.24, 2.45) is 0 Å². The molecule has 0 spiro atoms. The Balaban J connectivity index is 1.47. The van der Waals surface area contributed by atoms with E-state index in [0.717, 1.165) is 6.42 Å². The molecule has 0 saturated heterocycles. The topological polar surface area (TPSA) is 3.24 Å². The van der Waals surface area contributed by atoms with Gasteiger partial charge in [0.1, 0.15) is 0 Å². The maximum Gasteiger partial charge on any atom is 0.0646 e. The highest BCUT2D eigenvalue weighted by Gasteiger charge is 2.14. The van der Waals surface area contributed by atoms with Crippen LogP contribution in [0.5, 0.6) is 0 Å². The first kappa shape index (κ1) is 17.1. The van der Waals surface area contributed by atoms with E-state index in [1.807, 2.05) is 0 Å². The van der Waals surface area contributed by atoms with Gasteiger partial charge >= 0.3 is 0 Å². The summed E-state index contributed by atoms with van der Waals surface area (Å²) >= 11 is 2.39. The van der Waals surface area contributed by atoms with E-state index in [1.54, 1.807) is 0 Å². The van der Waals surface area contributed by atoms with Gasteiger partial charge in [0, 0.05) is 11.6 Å². The molecule has 128 valence electrons. The third-order valence-electron chi connectivity index (χ3n) is 4.74. The Morgan fingerprint density at radius 3 is 1.96 bits per heavy atom. The van der Waals surface area contributed by atoms with Crippen LogP contribution < -0.4 is 3.11 Å². The van der Waals surface area contributed by atoms with Gasteiger partial charge in [0.05, 0.1) is 28.6 Å². The van der Waals surface area contributed by atoms with Gasteiger partial charge in [0.25, 0.3) is 0 Å². The van der Waals surface area contributed by atoms with Crippen molar-refractivity contribution >= 4 is 28.6 Å². The van der Waals surface area contributed by atoms with Gasteiger partial charge in [-0.2, -0.15) is 0 Å². The van der Waals surface area contributed by atoms with Crippen LogP contribution in [0.4, 0.5) is 5.69 Å². The van der Waals surface area contributed by atoms with Crippen LogP contribution in [0.25, 0.3) is 11.1 Å². The number of allylic oxidation sites excluding steroid dienone is 3. The van der Waals surface area contributed by atoms with Crippen LogP contribution in [-0.4, -0.2) is 0 Å². The summed E-state index contributed by atoms with van der Waals surface area (Å²) < 4.78 is 2.23. The molecule has 1 aliphatic carbocycles. The van der Waals surface area contributed by atoms with Gasteiger partial charge in [0.2, 0.25) is 0 Å². The summed E-state index contributed by atoms with van der Waals surface area (Å²) in [6.07, 6.45) is 7.92. The molecule has 1 nitrogen and oxygen atoms in total. The molecule has 3 aromatic rings. The second-order valence-electron chi connectivity index (χ2n) is 6.43. The van der Waals surface area contributed by atoms with Crippen LogP contribution in [0.15, 0.2) is 109 Å². The Bertz CT molecular complexity index is 911. The molecule has 0 fully saturated rings. The van der Waals surface area contributed by atoms with Gasteiger partial charge in [-0.05, 0) is 41.3 Å². The molecule has 0 saturated carbocycles. The Kier molecular flexibility index (Phi) is 5.21. The summed E-state index contributed by atoms with van der Waals surface area (Å²) in [5.41, 5.74) is 6.31. The standard InChI is InChI=1S/C24H20IN/c25-26(23-15-11-21(12-16-23)19-7-3-1-4-8-19)24-17-13-22(14-18-24)20-9-5-2-6-10-20/h1-13,15-18,22H,14H2. The maximum atomic E-state index is 2.39. The highest BCUT2D eigenvalue weighted by Crippen LogP contribution is 2.32. The van der Waals surface area contributed by atoms with Gasteiger partial charge in [-0.3, -0.25) is 3.11 Å². The quantitative estimate of drug-likeness (QED) is 0.302. The summed E-state index contributed by atoms with van der Waals surface area (Å²) in [6.45, 7) is 0. The molecule has 0 bridgehead atoms. The molecular weight excluding hydrogens is 429 g/mol. The molecule has 1 atom stereocenters. The van der Waals surface area contributed by atoms with Crippen molar-refractivity contribution in [1.29, 1.82) is 0 Å². The lowest BCUT2D eigenvalue weighted by atomic mass is 9.92. The van der Waals surface area contributed by atoms with Gasteiger partial charge in [-0.15, -0.1) is 0 Å². The van der Waals surface area contributed by atoms with Gasteiger partial charge in [-0.25, -0.2) is 0 Å². The van der Waals surface area contributed by atoms with Gasteiger partial charge in [-0.1, -0.05) is 84.9 Å². The molecule has 0 aromatic heterocycles. The molecule has 2 heteroatoms. The summed E-state index contributed by atoms with van der Waals surface area (Å²) in [7, 11) is 0. The second-order valence-corrected chi connectivity index (χ2v) is 7.40. The average Bonchev–Trinajstić information content (AvgIpc) is 2.75. The first-order chi connectivity index (χ1) is 12.8. The molecule has 0 N–H and O–H groups in total. The fourth-order valence-electron chi connectivity index (χ4n) is 3.27. The van der Waals surface area contributed by atoms with Crippen LogP contribution in [0.2, 0.25) is 0 Å². The predicted octanol–water partition coefficient (Wildman–Crippen LogP) is 7.14. The zero-order valence-electron chi connectivity index (χ0n) is 14.4. The molecule has 1 unspecified atom stereocenters. The van der Waals surface area contributed by atoms with E-state index in [9.17, 15) is 0 Å². The molecule has 1 aliphatic rings. The zero-order valence-corrected chi connectivity index (χ0v) is 16.6. The SMILES string of the molecule is IN(C1=CCC(c2ccccc2)C=C1)c1ccc(-c2ccccc2)cc1. The van der Waals surface area contributed by atoms with E-state index in [1.165, 1.54) is 28.1 Å². The summed E-state index contributed by atoms with van der Waals surface area (Å²) in [5.74, 6) is 0.477. The third kappa shape index (κ3) is 3.75. The Morgan fingerprint density at radius 2 is 1.35 bits per heavy atom. The van der Waals surface area contributed by atoms with E-state index in [4.69, 9.17) is 0 Å². The van der Waals surface area contributed by atoms with Crippen molar-refractivity contribution in [3.05, 3.63) is 114 Å². The minimum absolute atomic E-state index is 0.477. The van der Waals surface area contributed by atoms with Gasteiger partial charge in [0.15, 0.2) is 0 Å². The zero-order chi connectivity index (χ0) is 17.8. The molecule has 4 rings (SSSR count). The smallest absolute Gasteiger partial charge is 0.0646 e. The largest absolute Gasteiger partial charge is 0.283 e. The van der Waals surface area contributed by atoms with Gasteiger partial charge < -0.3 is 0 Å². The number of anilines is 1. The van der Waals surface area contributed by atoms with Crippen molar-refractivity contribution in [3.8, 4) is 11.1 Å². The highest BCUT2D eigenvalue weighted by molar-refractivity contribution is 14.1. The molecule has 26 heavy (non-hydrogen) atoms. The highest BCUT2D eigenvalue weighted by atomic mass is 127. The summed E-state index contributed by atoms with van der Waals surface area (Å²) in [4.78, 5) is 0. The number of rotatable bonds is 4. The number of halogens is 1. The summed E-state index contributed by atoms with van der Waals surface area (Å²) in [6, 6.07) is 30.0. The minimum Gasteiger partial charge on any atom is -0.283 e. The van der Waals surface area contributed by atoms with E-state index < -0.39 is 0 Å². The predicted molar refractivity (Wildman–Crippen MR) is 119 cm³/mol. The van der Waals surface area contributed by atoms with Crippen LogP contribution in [0.3, 0.4) is 0 Å². The van der Waals surface area contributed by atoms with Crippen molar-refractivity contribution in [2.75, 3.05) is 3.11 Å². The van der Waals surface area contributed by atoms with Crippen molar-refractivity contribution in [2.45, 2.75) is 12.3 Å². The summed E-state index contributed by atoms with van der Waals surface area (Å²) in [5, 5.41) is 0. The van der Waals surface area contributed by atoms with Crippen LogP contribution in [0, 0.1) is 0 Å². The normalized spacial score (nSPS) is 16.2. The first-order valence-electron chi connectivity index (χ1n) is 8.86. The fraction of sp³-hybridized carbons (Fsp3) is 0.0833. The fourth-order valence-corrected chi connectivity index (χ4v) is 3.95. The maximum absolute atomic E-state index is 2.39. The number of hydrogen-bond acceptors (Lipinski definition) is 1. The van der Waals surface area contributed by atoms with Crippen LogP contribution in [0.1, 0.15) is 17.9 Å². The number of nitrogens with zero attached hydrogens (tertiary/aromatic N) is 1. The number of benzene rings is 3. The van der Waals surface area contributed by atoms with E-state index in [2.05, 4.69) is 129 Å². The molecular formula is C24H20IN. The van der Waals surface area contributed by atoms with Crippen molar-refractivity contribution in [1.82, 2.24) is 0 Å². The lowest BCUT2D eigenvalue weighted by Crippen LogP contribution is -2.10. The monoisotopic (exact) mass is 449 g/mol. The van der Waals surface area contributed by atoms with E-state index >= 15 is 0 Å². The van der Waals surface area contributed by atoms with Crippen molar-refractivity contribution < 1.29 is 0 Å². The lowest BCUT2D eigenvalue weighted by Gasteiger charge is -2.23. The molecule has 0 heterocycles. The molecule has 0 amide bonds. The van der Waals surface area contributed by atoms with E-state index in [-0.39, 0.29) is 0 Å². The Hall–Kier alpha value is -2.33. The van der Waals surface area contributed by atoms with E-state index in [0.29, 0.717) is 5.92 Å². The molecule has 3 aromatic carbocycles. The Labute approximate surface area is 169 Å². The number of hydrogen-bond donors (Lipinski definition) is 0. The first-order valence-corrected chi connectivity index (χ1v) is 9.82. The second kappa shape index (κ2) is 7.92. The van der Waals surface area contributed by atoms with Crippen LogP contribution in [-0.2, 0) is 0 Å². The molecule has 0 aliphatic heterocycles. The Morgan fingerprint density at radius 1 is 0.731 bits per heavy atom.